The summed E-state index contributed by atoms with van der Waals surface area (Å²) in [6.07, 6.45) is 14.8. The Balaban J connectivity index is 1.23. The fourth-order valence-electron chi connectivity index (χ4n) is 13.5. The summed E-state index contributed by atoms with van der Waals surface area (Å²) in [5, 5.41) is 16.1. The van der Waals surface area contributed by atoms with Crippen LogP contribution < -0.4 is 5.73 Å². The Labute approximate surface area is 316 Å². The molecule has 53 heavy (non-hydrogen) atoms. The molecule has 3 N–H and O–H groups in total. The van der Waals surface area contributed by atoms with Crippen LogP contribution in [0.15, 0.2) is 42.5 Å². The lowest BCUT2D eigenvalue weighted by Crippen LogP contribution is -2.69. The second kappa shape index (κ2) is 13.0. The molecule has 5 fully saturated rings. The standard InChI is InChI=1S/C43H63N5O5/c1-27(2)28(3)38(4)14-15-40(6)30-8-9-33-39(5)23-52-25-43(33,31(30)10-13-41(40,7)34(38)37(49)50)22-32(35(39)53-24-42(44)16-20-51-21-17-42)48-36(46-26-47-48)29-11-18-45-19-12-29/h10-12,18-19,26-28,30,32-35H,8-9,13-17,20-25,44H2,1-7H3,(H,49,50)/t28-,30+,32-,33+,34-,35+,38-,39+,40-,41+,43?/m1/s1. The Morgan fingerprint density at radius 2 is 1.75 bits per heavy atom. The summed E-state index contributed by atoms with van der Waals surface area (Å²) >= 11 is 0. The molecule has 0 spiro atoms. The van der Waals surface area contributed by atoms with E-state index in [4.69, 9.17) is 30.0 Å². The summed E-state index contributed by atoms with van der Waals surface area (Å²) in [6, 6.07) is 3.89. The first-order valence-corrected chi connectivity index (χ1v) is 20.4. The van der Waals surface area contributed by atoms with E-state index in [-0.39, 0.29) is 45.1 Å². The number of pyridine rings is 1. The Hall–Kier alpha value is -2.66. The Bertz CT molecular complexity index is 1720. The molecule has 4 heterocycles. The van der Waals surface area contributed by atoms with Crippen LogP contribution in [0.5, 0.6) is 0 Å². The van der Waals surface area contributed by atoms with E-state index in [2.05, 4.69) is 64.2 Å². The molecule has 2 aromatic rings. The number of hydrogen-bond acceptors (Lipinski definition) is 8. The number of aliphatic carboxylic acids is 1. The zero-order valence-electron chi connectivity index (χ0n) is 33.1. The number of aromatic nitrogens is 4. The summed E-state index contributed by atoms with van der Waals surface area (Å²) in [6.45, 7) is 19.3. The average molecular weight is 730 g/mol. The number of carboxylic acids is 1. The molecule has 0 aromatic carbocycles. The van der Waals surface area contributed by atoms with Crippen molar-refractivity contribution in [3.05, 3.63) is 42.5 Å². The lowest BCUT2D eigenvalue weighted by Gasteiger charge is -2.71. The summed E-state index contributed by atoms with van der Waals surface area (Å²) in [5.74, 6) is 1.13. The van der Waals surface area contributed by atoms with E-state index in [0.29, 0.717) is 50.8 Å². The second-order valence-electron chi connectivity index (χ2n) is 19.6. The SMILES string of the molecule is CC(C)[C@@H](C)[C@@]1(C)CC[C@]2(C)[C@H]3CC[C@@H]4C5(COC[C@]4(C)[C@@H](OCC4(N)CCOCC4)[C@H](n4ncnc4-c4ccncc4)C5)C3=CC[C@@]2(C)[C@@H]1C(=O)O. The van der Waals surface area contributed by atoms with Gasteiger partial charge in [0.15, 0.2) is 5.82 Å². The van der Waals surface area contributed by atoms with E-state index in [1.54, 1.807) is 6.33 Å². The van der Waals surface area contributed by atoms with Crippen LogP contribution in [0.25, 0.3) is 11.4 Å². The van der Waals surface area contributed by atoms with Crippen molar-refractivity contribution >= 4 is 5.97 Å². The van der Waals surface area contributed by atoms with Crippen LogP contribution in [-0.2, 0) is 19.0 Å². The van der Waals surface area contributed by atoms with Gasteiger partial charge in [-0.25, -0.2) is 9.67 Å². The number of ether oxygens (including phenoxy) is 3. The van der Waals surface area contributed by atoms with Crippen molar-refractivity contribution in [2.75, 3.05) is 33.0 Å². The molecule has 0 radical (unpaired) electrons. The topological polar surface area (TPSA) is 135 Å². The van der Waals surface area contributed by atoms with Gasteiger partial charge in [0.1, 0.15) is 6.33 Å². The third-order valence-corrected chi connectivity index (χ3v) is 17.0. The molecule has 2 aromatic heterocycles. The first-order valence-electron chi connectivity index (χ1n) is 20.4. The van der Waals surface area contributed by atoms with Crippen molar-refractivity contribution in [2.24, 2.45) is 62.4 Å². The normalized spacial score (nSPS) is 42.5. The Morgan fingerprint density at radius 3 is 2.45 bits per heavy atom. The van der Waals surface area contributed by atoms with Gasteiger partial charge in [-0.05, 0) is 103 Å². The van der Waals surface area contributed by atoms with Gasteiger partial charge in [0.25, 0.3) is 0 Å². The Morgan fingerprint density at radius 1 is 1.02 bits per heavy atom. The van der Waals surface area contributed by atoms with Gasteiger partial charge < -0.3 is 25.1 Å². The number of fused-ring (bicyclic) bond motifs is 3. The minimum absolute atomic E-state index is 0.108. The maximum Gasteiger partial charge on any atom is 0.307 e. The van der Waals surface area contributed by atoms with Crippen molar-refractivity contribution in [2.45, 2.75) is 118 Å². The molecule has 10 nitrogen and oxygen atoms in total. The highest BCUT2D eigenvalue weighted by molar-refractivity contribution is 5.73. The van der Waals surface area contributed by atoms with Gasteiger partial charge in [0.05, 0.1) is 37.9 Å². The molecule has 1 unspecified atom stereocenters. The van der Waals surface area contributed by atoms with Crippen LogP contribution in [0.2, 0.25) is 0 Å². The minimum atomic E-state index is -0.625. The predicted octanol–water partition coefficient (Wildman–Crippen LogP) is 7.36. The van der Waals surface area contributed by atoms with Crippen LogP contribution >= 0.6 is 0 Å². The van der Waals surface area contributed by atoms with Gasteiger partial charge in [0, 0.05) is 47.5 Å². The van der Waals surface area contributed by atoms with Gasteiger partial charge in [-0.15, -0.1) is 0 Å². The van der Waals surface area contributed by atoms with E-state index in [1.165, 1.54) is 5.57 Å². The van der Waals surface area contributed by atoms with E-state index in [1.807, 2.05) is 24.5 Å². The molecule has 3 saturated carbocycles. The van der Waals surface area contributed by atoms with Crippen LogP contribution in [0, 0.1) is 56.7 Å². The maximum absolute atomic E-state index is 13.6. The highest BCUT2D eigenvalue weighted by Gasteiger charge is 2.72. The third-order valence-electron chi connectivity index (χ3n) is 17.0. The number of carbonyl (C=O) groups is 1. The van der Waals surface area contributed by atoms with Crippen LogP contribution in [0.1, 0.15) is 106 Å². The number of nitrogens with zero attached hydrogens (tertiary/aromatic N) is 4. The number of carboxylic acid groups (broad SMARTS) is 1. The second-order valence-corrected chi connectivity index (χ2v) is 19.6. The summed E-state index contributed by atoms with van der Waals surface area (Å²) in [5.41, 5.74) is 7.71. The molecule has 2 aliphatic heterocycles. The highest BCUT2D eigenvalue weighted by Crippen LogP contribution is 2.75. The molecule has 2 saturated heterocycles. The first kappa shape index (κ1) is 37.3. The molecule has 8 rings (SSSR count). The Kier molecular flexibility index (Phi) is 9.11. The molecule has 10 heteroatoms. The quantitative estimate of drug-likeness (QED) is 0.267. The molecule has 6 aliphatic rings. The fourth-order valence-corrected chi connectivity index (χ4v) is 13.5. The van der Waals surface area contributed by atoms with Crippen LogP contribution in [0.3, 0.4) is 0 Å². The average Bonchev–Trinajstić information content (AvgIpc) is 3.61. The maximum atomic E-state index is 13.6. The largest absolute Gasteiger partial charge is 0.481 e. The molecule has 2 bridgehead atoms. The van der Waals surface area contributed by atoms with Gasteiger partial charge in [-0.1, -0.05) is 60.1 Å². The lowest BCUT2D eigenvalue weighted by atomic mass is 9.34. The van der Waals surface area contributed by atoms with E-state index < -0.39 is 17.4 Å². The molecule has 290 valence electrons. The first-order chi connectivity index (χ1) is 25.1. The monoisotopic (exact) mass is 729 g/mol. The van der Waals surface area contributed by atoms with Crippen molar-refractivity contribution in [1.82, 2.24) is 19.7 Å². The van der Waals surface area contributed by atoms with Gasteiger partial charge in [-0.3, -0.25) is 9.78 Å². The molecule has 4 aliphatic carbocycles. The van der Waals surface area contributed by atoms with Crippen molar-refractivity contribution in [1.29, 1.82) is 0 Å². The zero-order valence-corrected chi connectivity index (χ0v) is 33.1. The predicted molar refractivity (Wildman–Crippen MR) is 203 cm³/mol. The number of allylic oxidation sites excluding steroid dienone is 1. The van der Waals surface area contributed by atoms with E-state index >= 15 is 0 Å². The highest BCUT2D eigenvalue weighted by atomic mass is 16.5. The van der Waals surface area contributed by atoms with Crippen LogP contribution in [0.4, 0.5) is 0 Å². The summed E-state index contributed by atoms with van der Waals surface area (Å²) in [7, 11) is 0. The number of hydrogen-bond donors (Lipinski definition) is 2. The number of rotatable bonds is 8. The van der Waals surface area contributed by atoms with Gasteiger partial charge in [-0.2, -0.15) is 5.10 Å². The van der Waals surface area contributed by atoms with Gasteiger partial charge in [0.2, 0.25) is 0 Å². The molecule has 0 amide bonds. The smallest absolute Gasteiger partial charge is 0.307 e. The molecular formula is C43H63N5O5. The zero-order chi connectivity index (χ0) is 37.6. The van der Waals surface area contributed by atoms with Crippen molar-refractivity contribution < 1.29 is 24.1 Å². The third kappa shape index (κ3) is 5.38. The molecular weight excluding hydrogens is 667 g/mol. The minimum Gasteiger partial charge on any atom is -0.481 e. The summed E-state index contributed by atoms with van der Waals surface area (Å²) < 4.78 is 21.8. The fraction of sp³-hybridized carbons (Fsp3) is 0.767. The van der Waals surface area contributed by atoms with E-state index in [9.17, 15) is 9.90 Å². The van der Waals surface area contributed by atoms with Crippen molar-refractivity contribution in [3.8, 4) is 11.4 Å². The van der Waals surface area contributed by atoms with Crippen molar-refractivity contribution in [3.63, 3.8) is 0 Å². The van der Waals surface area contributed by atoms with Crippen LogP contribution in [-0.4, -0.2) is 75.5 Å². The number of nitrogens with two attached hydrogens (primary N) is 1. The molecule has 11 atom stereocenters. The van der Waals surface area contributed by atoms with E-state index in [0.717, 1.165) is 62.8 Å². The summed E-state index contributed by atoms with van der Waals surface area (Å²) in [4.78, 5) is 22.7. The van der Waals surface area contributed by atoms with Gasteiger partial charge >= 0.3 is 5.97 Å². The lowest BCUT2D eigenvalue weighted by molar-refractivity contribution is -0.253.